The van der Waals surface area contributed by atoms with E-state index in [2.05, 4.69) is 38.1 Å². The lowest BCUT2D eigenvalue weighted by Gasteiger charge is -2.09. The average Bonchev–Trinajstić information content (AvgIpc) is 2.97. The average molecular weight is 270 g/mol. The van der Waals surface area contributed by atoms with Crippen molar-refractivity contribution >= 4 is 34.0 Å². The van der Waals surface area contributed by atoms with E-state index in [0.717, 1.165) is 23.3 Å². The van der Waals surface area contributed by atoms with E-state index < -0.39 is 0 Å². The molecule has 0 saturated carbocycles. The number of benzene rings is 1. The number of rotatable bonds is 4. The number of thiophene rings is 1. The molecule has 0 aliphatic carbocycles. The van der Waals surface area contributed by atoms with Gasteiger partial charge in [-0.2, -0.15) is 4.98 Å². The first-order valence-electron chi connectivity index (χ1n) is 6.07. The van der Waals surface area contributed by atoms with Crippen LogP contribution >= 0.6 is 11.3 Å². The van der Waals surface area contributed by atoms with Crippen LogP contribution in [0.25, 0.3) is 10.9 Å². The molecule has 2 N–H and O–H groups in total. The van der Waals surface area contributed by atoms with Gasteiger partial charge in [-0.15, -0.1) is 11.3 Å². The van der Waals surface area contributed by atoms with Crippen molar-refractivity contribution in [1.82, 2.24) is 9.97 Å². The van der Waals surface area contributed by atoms with Gasteiger partial charge in [-0.05, 0) is 23.6 Å². The lowest BCUT2D eigenvalue weighted by Crippen LogP contribution is -2.04. The van der Waals surface area contributed by atoms with Crippen LogP contribution in [0.2, 0.25) is 0 Å². The molecule has 2 aromatic heterocycles. The molecule has 3 aromatic rings. The van der Waals surface area contributed by atoms with E-state index in [4.69, 9.17) is 0 Å². The highest BCUT2D eigenvalue weighted by Crippen LogP contribution is 2.22. The Bertz CT molecular complexity index is 679. The van der Waals surface area contributed by atoms with Gasteiger partial charge < -0.3 is 10.6 Å². The van der Waals surface area contributed by atoms with Gasteiger partial charge >= 0.3 is 0 Å². The topological polar surface area (TPSA) is 49.8 Å². The Balaban J connectivity index is 1.96. The molecule has 3 rings (SSSR count). The maximum Gasteiger partial charge on any atom is 0.224 e. The first-order valence-corrected chi connectivity index (χ1v) is 6.95. The second kappa shape index (κ2) is 5.24. The van der Waals surface area contributed by atoms with Crippen molar-refractivity contribution in [2.24, 2.45) is 0 Å². The molecule has 4 nitrogen and oxygen atoms in total. The van der Waals surface area contributed by atoms with E-state index in [0.29, 0.717) is 5.95 Å². The Hall–Kier alpha value is -2.14. The second-order valence-corrected chi connectivity index (χ2v) is 5.13. The highest BCUT2D eigenvalue weighted by Gasteiger charge is 2.06. The minimum Gasteiger partial charge on any atom is -0.364 e. The van der Waals surface area contributed by atoms with Gasteiger partial charge in [0, 0.05) is 17.3 Å². The number of hydrogen-bond acceptors (Lipinski definition) is 5. The minimum atomic E-state index is 0.632. The molecular weight excluding hydrogens is 256 g/mol. The molecule has 0 bridgehead atoms. The van der Waals surface area contributed by atoms with Crippen molar-refractivity contribution < 1.29 is 0 Å². The van der Waals surface area contributed by atoms with Crippen LogP contribution in [0.5, 0.6) is 0 Å². The molecule has 19 heavy (non-hydrogen) atoms. The van der Waals surface area contributed by atoms with Gasteiger partial charge in [-0.3, -0.25) is 0 Å². The summed E-state index contributed by atoms with van der Waals surface area (Å²) in [5.41, 5.74) is 0.940. The normalized spacial score (nSPS) is 10.6. The lowest BCUT2D eigenvalue weighted by molar-refractivity contribution is 1.12. The molecule has 0 unspecified atom stereocenters. The molecule has 1 aromatic carbocycles. The van der Waals surface area contributed by atoms with E-state index in [1.54, 1.807) is 11.3 Å². The number of hydrogen-bond donors (Lipinski definition) is 2. The first kappa shape index (κ1) is 11.9. The van der Waals surface area contributed by atoms with Crippen molar-refractivity contribution in [2.45, 2.75) is 6.54 Å². The van der Waals surface area contributed by atoms with Crippen LogP contribution in [0.3, 0.4) is 0 Å². The summed E-state index contributed by atoms with van der Waals surface area (Å²) in [6.45, 7) is 0.780. The summed E-state index contributed by atoms with van der Waals surface area (Å²) in [6, 6.07) is 12.2. The standard InChI is InChI=1S/C14H14N4S/c1-15-14-17-12-7-3-2-6-11(12)13(18-14)16-9-10-5-4-8-19-10/h2-8H,9H2,1H3,(H2,15,16,17,18). The van der Waals surface area contributed by atoms with Gasteiger partial charge in [0.1, 0.15) is 5.82 Å². The number of nitrogens with one attached hydrogen (secondary N) is 2. The molecule has 2 heterocycles. The third kappa shape index (κ3) is 2.51. The zero-order valence-electron chi connectivity index (χ0n) is 10.6. The quantitative estimate of drug-likeness (QED) is 0.763. The fourth-order valence-corrected chi connectivity index (χ4v) is 2.55. The molecule has 0 spiro atoms. The van der Waals surface area contributed by atoms with Gasteiger partial charge in [0.25, 0.3) is 0 Å². The van der Waals surface area contributed by atoms with Crippen molar-refractivity contribution in [3.05, 3.63) is 46.7 Å². The summed E-state index contributed by atoms with van der Waals surface area (Å²) in [5.74, 6) is 1.50. The summed E-state index contributed by atoms with van der Waals surface area (Å²) >= 11 is 1.74. The van der Waals surface area contributed by atoms with Crippen LogP contribution in [-0.2, 0) is 6.54 Å². The Labute approximate surface area is 115 Å². The van der Waals surface area contributed by atoms with Crippen LogP contribution < -0.4 is 10.6 Å². The molecule has 0 aliphatic rings. The van der Waals surface area contributed by atoms with Gasteiger partial charge in [0.2, 0.25) is 5.95 Å². The Morgan fingerprint density at radius 3 is 2.79 bits per heavy atom. The summed E-state index contributed by atoms with van der Waals surface area (Å²) in [7, 11) is 1.83. The first-order chi connectivity index (χ1) is 9.36. The summed E-state index contributed by atoms with van der Waals surface area (Å²) < 4.78 is 0. The highest BCUT2D eigenvalue weighted by atomic mass is 32.1. The van der Waals surface area contributed by atoms with E-state index in [1.807, 2.05) is 31.3 Å². The number of anilines is 2. The minimum absolute atomic E-state index is 0.632. The molecule has 96 valence electrons. The molecule has 0 amide bonds. The zero-order valence-corrected chi connectivity index (χ0v) is 11.4. The summed E-state index contributed by atoms with van der Waals surface area (Å²) in [5, 5.41) is 9.49. The van der Waals surface area contributed by atoms with E-state index in [-0.39, 0.29) is 0 Å². The largest absolute Gasteiger partial charge is 0.364 e. The third-order valence-electron chi connectivity index (χ3n) is 2.84. The Morgan fingerprint density at radius 1 is 1.11 bits per heavy atom. The summed E-state index contributed by atoms with van der Waals surface area (Å²) in [6.07, 6.45) is 0. The van der Waals surface area contributed by atoms with Crippen molar-refractivity contribution in [1.29, 1.82) is 0 Å². The molecule has 5 heteroatoms. The lowest BCUT2D eigenvalue weighted by atomic mass is 10.2. The number of para-hydroxylation sites is 1. The fourth-order valence-electron chi connectivity index (χ4n) is 1.91. The SMILES string of the molecule is CNc1nc(NCc2cccs2)c2ccccc2n1. The van der Waals surface area contributed by atoms with Gasteiger partial charge in [-0.25, -0.2) is 4.98 Å². The second-order valence-electron chi connectivity index (χ2n) is 4.10. The van der Waals surface area contributed by atoms with Crippen LogP contribution in [0.4, 0.5) is 11.8 Å². The van der Waals surface area contributed by atoms with E-state index in [1.165, 1.54) is 4.88 Å². The van der Waals surface area contributed by atoms with Gasteiger partial charge in [0.05, 0.1) is 12.1 Å². The predicted octanol–water partition coefficient (Wildman–Crippen LogP) is 3.35. The third-order valence-corrected chi connectivity index (χ3v) is 3.71. The molecule has 0 atom stereocenters. The number of nitrogens with zero attached hydrogens (tertiary/aromatic N) is 2. The Morgan fingerprint density at radius 2 is 2.00 bits per heavy atom. The van der Waals surface area contributed by atoms with Crippen LogP contribution in [-0.4, -0.2) is 17.0 Å². The smallest absolute Gasteiger partial charge is 0.224 e. The monoisotopic (exact) mass is 270 g/mol. The maximum atomic E-state index is 4.49. The summed E-state index contributed by atoms with van der Waals surface area (Å²) in [4.78, 5) is 10.2. The molecule has 0 radical (unpaired) electrons. The van der Waals surface area contributed by atoms with Crippen molar-refractivity contribution in [3.8, 4) is 0 Å². The van der Waals surface area contributed by atoms with E-state index in [9.17, 15) is 0 Å². The molecule has 0 saturated heterocycles. The maximum absolute atomic E-state index is 4.49. The van der Waals surface area contributed by atoms with Crippen LogP contribution in [0.15, 0.2) is 41.8 Å². The highest BCUT2D eigenvalue weighted by molar-refractivity contribution is 7.09. The van der Waals surface area contributed by atoms with Crippen molar-refractivity contribution in [2.75, 3.05) is 17.7 Å². The van der Waals surface area contributed by atoms with Crippen molar-refractivity contribution in [3.63, 3.8) is 0 Å². The molecule has 0 fully saturated rings. The van der Waals surface area contributed by atoms with E-state index >= 15 is 0 Å². The fraction of sp³-hybridized carbons (Fsp3) is 0.143. The molecular formula is C14H14N4S. The van der Waals surface area contributed by atoms with Gasteiger partial charge in [-0.1, -0.05) is 18.2 Å². The number of fused-ring (bicyclic) bond motifs is 1. The number of aromatic nitrogens is 2. The zero-order chi connectivity index (χ0) is 13.1. The predicted molar refractivity (Wildman–Crippen MR) is 80.7 cm³/mol. The molecule has 0 aliphatic heterocycles. The Kier molecular flexibility index (Phi) is 3.29. The van der Waals surface area contributed by atoms with Crippen LogP contribution in [0.1, 0.15) is 4.88 Å². The van der Waals surface area contributed by atoms with Gasteiger partial charge in [0.15, 0.2) is 0 Å². The van der Waals surface area contributed by atoms with Crippen LogP contribution in [0, 0.1) is 0 Å².